The number of esters is 1. The highest BCUT2D eigenvalue weighted by molar-refractivity contribution is 6.21. The van der Waals surface area contributed by atoms with E-state index in [9.17, 15) is 9.90 Å². The first-order valence-electron chi connectivity index (χ1n) is 11.3. The van der Waals surface area contributed by atoms with Gasteiger partial charge < -0.3 is 29.4 Å². The topological polar surface area (TPSA) is 86.3 Å². The van der Waals surface area contributed by atoms with Crippen molar-refractivity contribution in [1.82, 2.24) is 5.32 Å². The van der Waals surface area contributed by atoms with Crippen molar-refractivity contribution in [2.24, 2.45) is 0 Å². The molecular weight excluding hydrogens is 446 g/mol. The maximum atomic E-state index is 12.3. The average Bonchev–Trinajstić information content (AvgIpc) is 2.91. The second kappa shape index (κ2) is 13.8. The van der Waals surface area contributed by atoms with Crippen LogP contribution in [0.4, 0.5) is 0 Å². The van der Waals surface area contributed by atoms with Crippen LogP contribution in [0.1, 0.15) is 11.1 Å². The minimum atomic E-state index is -0.690. The molecular formula is C28H31NO6. The van der Waals surface area contributed by atoms with Gasteiger partial charge in [-0.25, -0.2) is 4.79 Å². The fraction of sp³-hybridized carbons (Fsp3) is 0.250. The molecule has 0 fully saturated rings. The van der Waals surface area contributed by atoms with E-state index in [1.165, 1.54) is 7.11 Å². The van der Waals surface area contributed by atoms with Crippen LogP contribution in [0.5, 0.6) is 17.2 Å². The molecule has 0 amide bonds. The van der Waals surface area contributed by atoms with Crippen LogP contribution in [0, 0.1) is 0 Å². The van der Waals surface area contributed by atoms with Crippen molar-refractivity contribution in [2.45, 2.75) is 6.10 Å². The molecule has 0 radical (unpaired) electrons. The molecule has 0 aliphatic rings. The molecule has 1 unspecified atom stereocenters. The van der Waals surface area contributed by atoms with Crippen molar-refractivity contribution in [2.75, 3.05) is 40.5 Å². The molecule has 7 heteroatoms. The predicted octanol–water partition coefficient (Wildman–Crippen LogP) is 3.82. The molecule has 0 heterocycles. The number of rotatable bonds is 13. The molecule has 35 heavy (non-hydrogen) atoms. The standard InChI is InChI=1S/C28H31NO6/c1-32-26-10-6-7-11-27(26)34-17-16-29-19-23(30)20-35-24-14-12-22(13-15-24)25(28(31)33-2)18-21-8-4-3-5-9-21/h3-15,18,23,29-30H,16-17,19-20H2,1-2H3/b25-18+. The number of benzene rings is 3. The lowest BCUT2D eigenvalue weighted by Gasteiger charge is -2.14. The van der Waals surface area contributed by atoms with Gasteiger partial charge in [0.2, 0.25) is 0 Å². The smallest absolute Gasteiger partial charge is 0.338 e. The second-order valence-corrected chi connectivity index (χ2v) is 7.65. The Labute approximate surface area is 205 Å². The molecule has 0 aromatic heterocycles. The summed E-state index contributed by atoms with van der Waals surface area (Å²) < 4.78 is 21.6. The third-order valence-corrected chi connectivity index (χ3v) is 5.11. The van der Waals surface area contributed by atoms with Crippen LogP contribution in [0.15, 0.2) is 78.9 Å². The Morgan fingerprint density at radius 3 is 2.29 bits per heavy atom. The van der Waals surface area contributed by atoms with Gasteiger partial charge in [0.15, 0.2) is 11.5 Å². The number of nitrogens with one attached hydrogen (secondary N) is 1. The summed E-state index contributed by atoms with van der Waals surface area (Å²) in [6.07, 6.45) is 1.10. The first-order chi connectivity index (χ1) is 17.1. The summed E-state index contributed by atoms with van der Waals surface area (Å²) in [6, 6.07) is 24.1. The number of ether oxygens (including phenoxy) is 4. The van der Waals surface area contributed by atoms with E-state index in [4.69, 9.17) is 18.9 Å². The van der Waals surface area contributed by atoms with Crippen LogP contribution < -0.4 is 19.5 Å². The zero-order valence-electron chi connectivity index (χ0n) is 20.0. The maximum absolute atomic E-state index is 12.3. The number of hydrogen-bond acceptors (Lipinski definition) is 7. The lowest BCUT2D eigenvalue weighted by molar-refractivity contribution is -0.133. The van der Waals surface area contributed by atoms with Crippen LogP contribution in [0.3, 0.4) is 0 Å². The fourth-order valence-electron chi connectivity index (χ4n) is 3.31. The van der Waals surface area contributed by atoms with Gasteiger partial charge in [-0.05, 0) is 41.5 Å². The molecule has 0 spiro atoms. The summed E-state index contributed by atoms with van der Waals surface area (Å²) in [6.45, 7) is 1.49. The molecule has 1 atom stereocenters. The molecule has 0 aliphatic heterocycles. The van der Waals surface area contributed by atoms with Crippen molar-refractivity contribution in [3.05, 3.63) is 90.0 Å². The fourth-order valence-corrected chi connectivity index (χ4v) is 3.31. The van der Waals surface area contributed by atoms with Gasteiger partial charge in [0.05, 0.1) is 19.8 Å². The molecule has 3 aromatic rings. The average molecular weight is 478 g/mol. The number of aliphatic hydroxyl groups is 1. The van der Waals surface area contributed by atoms with Crippen molar-refractivity contribution < 1.29 is 28.8 Å². The summed E-state index contributed by atoms with van der Waals surface area (Å²) in [4.78, 5) is 12.3. The van der Waals surface area contributed by atoms with E-state index in [-0.39, 0.29) is 6.61 Å². The van der Waals surface area contributed by atoms with Crippen molar-refractivity contribution in [1.29, 1.82) is 0 Å². The number of para-hydroxylation sites is 2. The Morgan fingerprint density at radius 1 is 0.914 bits per heavy atom. The van der Waals surface area contributed by atoms with Crippen molar-refractivity contribution >= 4 is 17.6 Å². The third-order valence-electron chi connectivity index (χ3n) is 5.11. The molecule has 3 rings (SSSR count). The molecule has 3 aromatic carbocycles. The third kappa shape index (κ3) is 8.17. The quantitative estimate of drug-likeness (QED) is 0.168. The van der Waals surface area contributed by atoms with Gasteiger partial charge in [-0.15, -0.1) is 0 Å². The Morgan fingerprint density at radius 2 is 1.60 bits per heavy atom. The molecule has 184 valence electrons. The van der Waals surface area contributed by atoms with Crippen LogP contribution in [-0.4, -0.2) is 57.7 Å². The Bertz CT molecular complexity index is 1080. The Hall–Kier alpha value is -3.81. The van der Waals surface area contributed by atoms with Gasteiger partial charge in [-0.1, -0.05) is 54.6 Å². The summed E-state index contributed by atoms with van der Waals surface area (Å²) >= 11 is 0. The molecule has 2 N–H and O–H groups in total. The summed E-state index contributed by atoms with van der Waals surface area (Å²) in [5.41, 5.74) is 2.06. The van der Waals surface area contributed by atoms with Gasteiger partial charge in [0.1, 0.15) is 25.1 Å². The van der Waals surface area contributed by atoms with E-state index in [1.54, 1.807) is 37.5 Å². The summed E-state index contributed by atoms with van der Waals surface area (Å²) in [7, 11) is 2.96. The van der Waals surface area contributed by atoms with Crippen LogP contribution in [-0.2, 0) is 9.53 Å². The van der Waals surface area contributed by atoms with E-state index in [2.05, 4.69) is 5.32 Å². The number of methoxy groups -OCH3 is 2. The number of carbonyl (C=O) groups excluding carboxylic acids is 1. The predicted molar refractivity (Wildman–Crippen MR) is 136 cm³/mol. The van der Waals surface area contributed by atoms with E-state index in [0.29, 0.717) is 48.1 Å². The zero-order chi connectivity index (χ0) is 24.9. The summed E-state index contributed by atoms with van der Waals surface area (Å²) in [5, 5.41) is 13.3. The van der Waals surface area contributed by atoms with E-state index in [0.717, 1.165) is 5.56 Å². The molecule has 0 aliphatic carbocycles. The Kier molecular flexibility index (Phi) is 10.2. The Balaban J connectivity index is 1.44. The van der Waals surface area contributed by atoms with Gasteiger partial charge in [-0.2, -0.15) is 0 Å². The lowest BCUT2D eigenvalue weighted by atomic mass is 10.0. The SMILES string of the molecule is COC(=O)/C(=C/c1ccccc1)c1ccc(OCC(O)CNCCOc2ccccc2OC)cc1. The number of aliphatic hydroxyl groups excluding tert-OH is 1. The minimum Gasteiger partial charge on any atom is -0.493 e. The minimum absolute atomic E-state index is 0.128. The highest BCUT2D eigenvalue weighted by Gasteiger charge is 2.13. The molecule has 0 saturated carbocycles. The highest BCUT2D eigenvalue weighted by atomic mass is 16.5. The zero-order valence-corrected chi connectivity index (χ0v) is 20.0. The molecule has 0 bridgehead atoms. The molecule has 7 nitrogen and oxygen atoms in total. The van der Waals surface area contributed by atoms with Crippen molar-refractivity contribution in [3.63, 3.8) is 0 Å². The van der Waals surface area contributed by atoms with Crippen LogP contribution in [0.2, 0.25) is 0 Å². The maximum Gasteiger partial charge on any atom is 0.338 e. The number of carbonyl (C=O) groups is 1. The van der Waals surface area contributed by atoms with Gasteiger partial charge >= 0.3 is 5.97 Å². The van der Waals surface area contributed by atoms with Gasteiger partial charge in [-0.3, -0.25) is 0 Å². The largest absolute Gasteiger partial charge is 0.493 e. The monoisotopic (exact) mass is 477 g/mol. The second-order valence-electron chi connectivity index (χ2n) is 7.65. The first kappa shape index (κ1) is 25.8. The normalized spacial score (nSPS) is 12.0. The van der Waals surface area contributed by atoms with Crippen LogP contribution in [0.25, 0.3) is 11.6 Å². The molecule has 0 saturated heterocycles. The van der Waals surface area contributed by atoms with E-state index >= 15 is 0 Å². The van der Waals surface area contributed by atoms with E-state index < -0.39 is 12.1 Å². The van der Waals surface area contributed by atoms with Crippen LogP contribution >= 0.6 is 0 Å². The lowest BCUT2D eigenvalue weighted by Crippen LogP contribution is -2.33. The van der Waals surface area contributed by atoms with E-state index in [1.807, 2.05) is 54.6 Å². The first-order valence-corrected chi connectivity index (χ1v) is 11.3. The van der Waals surface area contributed by atoms with Gasteiger partial charge in [0.25, 0.3) is 0 Å². The summed E-state index contributed by atoms with van der Waals surface area (Å²) in [5.74, 6) is 1.54. The highest BCUT2D eigenvalue weighted by Crippen LogP contribution is 2.25. The van der Waals surface area contributed by atoms with Crippen molar-refractivity contribution in [3.8, 4) is 17.2 Å². The van der Waals surface area contributed by atoms with Gasteiger partial charge in [0, 0.05) is 13.1 Å². The number of hydrogen-bond donors (Lipinski definition) is 2.